The monoisotopic (exact) mass is 577 g/mol. The van der Waals surface area contributed by atoms with E-state index in [4.69, 9.17) is 14.2 Å². The Balaban J connectivity index is 1.55. The van der Waals surface area contributed by atoms with E-state index in [9.17, 15) is 14.4 Å². The standard InChI is InChI=1S/C33H39NO6S/c35-31(38-24-27-14-5-1-6-15-27)41(23-13-22-34-30-20-11-4-12-21-30,32(36)39-25-28-16-7-2-8-17-28)33(37)40-26-29-18-9-3-10-19-29/h1-3,5-10,14-19,30,34H,4,11-13,20-26H2. The summed E-state index contributed by atoms with van der Waals surface area (Å²) in [5, 5.41) is 0.903. The highest BCUT2D eigenvalue weighted by Crippen LogP contribution is 2.54. The highest BCUT2D eigenvalue weighted by atomic mass is 32.3. The number of hydrogen-bond donors (Lipinski definition) is 1. The molecule has 0 amide bonds. The predicted molar refractivity (Wildman–Crippen MR) is 162 cm³/mol. The maximum Gasteiger partial charge on any atom is 0.369 e. The van der Waals surface area contributed by atoms with E-state index >= 15 is 0 Å². The minimum absolute atomic E-state index is 0.0123. The van der Waals surface area contributed by atoms with Crippen molar-refractivity contribution < 1.29 is 28.6 Å². The van der Waals surface area contributed by atoms with Crippen molar-refractivity contribution >= 4 is 25.9 Å². The highest BCUT2D eigenvalue weighted by Gasteiger charge is 2.51. The van der Waals surface area contributed by atoms with Crippen molar-refractivity contribution in [2.45, 2.75) is 64.4 Å². The predicted octanol–water partition coefficient (Wildman–Crippen LogP) is 8.11. The number of hydrogen-bond acceptors (Lipinski definition) is 7. The summed E-state index contributed by atoms with van der Waals surface area (Å²) in [6.07, 6.45) is 6.27. The summed E-state index contributed by atoms with van der Waals surface area (Å²) >= 11 is 0. The van der Waals surface area contributed by atoms with Gasteiger partial charge in [-0.15, -0.1) is 0 Å². The Morgan fingerprint density at radius 1 is 0.610 bits per heavy atom. The SMILES string of the molecule is O=C(OCc1ccccc1)S(CCCNC1CCCCC1)(C(=O)OCc1ccccc1)C(=O)OCc1ccccc1. The summed E-state index contributed by atoms with van der Waals surface area (Å²) in [5.41, 5.74) is 2.26. The van der Waals surface area contributed by atoms with Crippen molar-refractivity contribution in [3.63, 3.8) is 0 Å². The average molecular weight is 578 g/mol. The zero-order valence-corrected chi connectivity index (χ0v) is 24.2. The van der Waals surface area contributed by atoms with Gasteiger partial charge in [-0.1, -0.05) is 110 Å². The minimum atomic E-state index is -3.47. The van der Waals surface area contributed by atoms with E-state index in [1.165, 1.54) is 19.3 Å². The second kappa shape index (κ2) is 16.0. The van der Waals surface area contributed by atoms with E-state index in [2.05, 4.69) is 5.32 Å². The van der Waals surface area contributed by atoms with Crippen LogP contribution in [0.4, 0.5) is 14.4 Å². The molecular weight excluding hydrogens is 538 g/mol. The van der Waals surface area contributed by atoms with Crippen molar-refractivity contribution in [1.82, 2.24) is 5.32 Å². The second-order valence-electron chi connectivity index (χ2n) is 10.2. The van der Waals surface area contributed by atoms with Gasteiger partial charge in [0, 0.05) is 11.8 Å². The summed E-state index contributed by atoms with van der Waals surface area (Å²) in [6, 6.07) is 27.9. The Hall–Kier alpha value is -3.62. The molecule has 0 aliphatic heterocycles. The van der Waals surface area contributed by atoms with Crippen LogP contribution in [0.3, 0.4) is 0 Å². The van der Waals surface area contributed by atoms with Gasteiger partial charge in [-0.05, 0) is 42.5 Å². The van der Waals surface area contributed by atoms with Gasteiger partial charge in [0.15, 0.2) is 0 Å². The molecule has 0 radical (unpaired) electrons. The zero-order chi connectivity index (χ0) is 28.8. The number of ether oxygens (including phenoxy) is 3. The van der Waals surface area contributed by atoms with Crippen LogP contribution in [0.1, 0.15) is 55.2 Å². The maximum atomic E-state index is 13.8. The molecule has 3 aromatic carbocycles. The molecule has 218 valence electrons. The topological polar surface area (TPSA) is 90.9 Å². The van der Waals surface area contributed by atoms with Gasteiger partial charge in [0.1, 0.15) is 19.8 Å². The molecule has 4 rings (SSSR count). The molecule has 1 saturated carbocycles. The molecule has 0 bridgehead atoms. The summed E-state index contributed by atoms with van der Waals surface area (Å²) < 4.78 is 17.0. The molecule has 8 heteroatoms. The summed E-state index contributed by atoms with van der Waals surface area (Å²) in [5.74, 6) is -0.0123. The molecule has 1 N–H and O–H groups in total. The van der Waals surface area contributed by atoms with Crippen LogP contribution in [0.5, 0.6) is 0 Å². The van der Waals surface area contributed by atoms with Gasteiger partial charge in [-0.3, -0.25) is 0 Å². The van der Waals surface area contributed by atoms with Crippen molar-refractivity contribution in [3.8, 4) is 0 Å². The molecule has 0 spiro atoms. The molecule has 0 aromatic heterocycles. The van der Waals surface area contributed by atoms with Gasteiger partial charge in [-0.2, -0.15) is 0 Å². The van der Waals surface area contributed by atoms with Crippen LogP contribution in [-0.4, -0.2) is 34.2 Å². The maximum absolute atomic E-state index is 13.8. The smallest absolute Gasteiger partial charge is 0.369 e. The number of carbonyl (C=O) groups excluding carboxylic acids is 3. The third-order valence-electron chi connectivity index (χ3n) is 7.12. The van der Waals surface area contributed by atoms with E-state index in [1.54, 1.807) is 0 Å². The van der Waals surface area contributed by atoms with Gasteiger partial charge < -0.3 is 19.5 Å². The van der Waals surface area contributed by atoms with Gasteiger partial charge in [0.25, 0.3) is 0 Å². The molecule has 0 atom stereocenters. The lowest BCUT2D eigenvalue weighted by Crippen LogP contribution is -2.36. The highest BCUT2D eigenvalue weighted by molar-refractivity contribution is 8.64. The van der Waals surface area contributed by atoms with Crippen molar-refractivity contribution in [3.05, 3.63) is 108 Å². The Morgan fingerprint density at radius 2 is 1.00 bits per heavy atom. The molecule has 1 aliphatic carbocycles. The Labute approximate surface area is 243 Å². The summed E-state index contributed by atoms with van der Waals surface area (Å²) in [7, 11) is -3.47. The fraction of sp³-hybridized carbons (Fsp3) is 0.364. The normalized spacial score (nSPS) is 14.1. The minimum Gasteiger partial charge on any atom is -0.453 e. The van der Waals surface area contributed by atoms with E-state index in [0.717, 1.165) is 29.5 Å². The summed E-state index contributed by atoms with van der Waals surface area (Å²) in [6.45, 7) is 0.384. The molecule has 1 aliphatic rings. The fourth-order valence-electron chi connectivity index (χ4n) is 4.81. The first-order chi connectivity index (χ1) is 20.1. The van der Waals surface area contributed by atoms with Gasteiger partial charge in [0.2, 0.25) is 0 Å². The second-order valence-corrected chi connectivity index (χ2v) is 13.0. The molecule has 1 fully saturated rings. The third kappa shape index (κ3) is 8.93. The van der Waals surface area contributed by atoms with Crippen LogP contribution >= 0.6 is 10.0 Å². The van der Waals surface area contributed by atoms with Crippen molar-refractivity contribution in [2.24, 2.45) is 0 Å². The molecule has 0 saturated heterocycles. The Bertz CT molecular complexity index is 1100. The molecule has 7 nitrogen and oxygen atoms in total. The lowest BCUT2D eigenvalue weighted by atomic mass is 9.95. The van der Waals surface area contributed by atoms with E-state index in [0.29, 0.717) is 19.0 Å². The Kier molecular flexibility index (Phi) is 11.8. The first-order valence-electron chi connectivity index (χ1n) is 14.2. The number of nitrogens with one attached hydrogen (secondary N) is 1. The van der Waals surface area contributed by atoms with E-state index in [-0.39, 0.29) is 25.6 Å². The molecule has 3 aromatic rings. The lowest BCUT2D eigenvalue weighted by Gasteiger charge is -2.32. The molecule has 41 heavy (non-hydrogen) atoms. The summed E-state index contributed by atoms with van der Waals surface area (Å²) in [4.78, 5) is 41.5. The van der Waals surface area contributed by atoms with Crippen molar-refractivity contribution in [2.75, 3.05) is 12.3 Å². The third-order valence-corrected chi connectivity index (χ3v) is 10.1. The molecular formula is C33H39NO6S. The molecule has 0 unspecified atom stereocenters. The van der Waals surface area contributed by atoms with E-state index < -0.39 is 25.9 Å². The van der Waals surface area contributed by atoms with Crippen LogP contribution in [0.2, 0.25) is 0 Å². The first kappa shape index (κ1) is 30.3. The zero-order valence-electron chi connectivity index (χ0n) is 23.4. The average Bonchev–Trinajstić information content (AvgIpc) is 3.03. The van der Waals surface area contributed by atoms with E-state index in [1.807, 2.05) is 91.0 Å². The number of benzene rings is 3. The Morgan fingerprint density at radius 3 is 1.39 bits per heavy atom. The number of rotatable bonds is 11. The first-order valence-corrected chi connectivity index (χ1v) is 16.0. The van der Waals surface area contributed by atoms with Gasteiger partial charge in [0.05, 0.1) is 10.0 Å². The largest absolute Gasteiger partial charge is 0.453 e. The van der Waals surface area contributed by atoms with Crippen molar-refractivity contribution in [1.29, 1.82) is 0 Å². The van der Waals surface area contributed by atoms with Crippen LogP contribution in [0, 0.1) is 0 Å². The van der Waals surface area contributed by atoms with Crippen LogP contribution in [-0.2, 0) is 34.0 Å². The lowest BCUT2D eigenvalue weighted by molar-refractivity contribution is 0.154. The molecule has 0 heterocycles. The fourth-order valence-corrected chi connectivity index (χ4v) is 7.07. The van der Waals surface area contributed by atoms with Gasteiger partial charge in [-0.25, -0.2) is 14.4 Å². The van der Waals surface area contributed by atoms with Crippen LogP contribution in [0.15, 0.2) is 91.0 Å². The van der Waals surface area contributed by atoms with Crippen LogP contribution < -0.4 is 5.32 Å². The van der Waals surface area contributed by atoms with Crippen LogP contribution in [0.25, 0.3) is 0 Å². The van der Waals surface area contributed by atoms with Gasteiger partial charge >= 0.3 is 15.9 Å². The quantitative estimate of drug-likeness (QED) is 0.140. The number of carbonyl (C=O) groups is 3.